The van der Waals surface area contributed by atoms with E-state index in [1.54, 1.807) is 38.1 Å². The highest BCUT2D eigenvalue weighted by atomic mass is 35.5. The molecule has 0 radical (unpaired) electrons. The number of sulfonamides is 1. The zero-order valence-corrected chi connectivity index (χ0v) is 18.9. The fraction of sp³-hybridized carbons (Fsp3) is 0.333. The van der Waals surface area contributed by atoms with Gasteiger partial charge in [-0.05, 0) is 48.5 Å². The predicted octanol–water partition coefficient (Wildman–Crippen LogP) is 2.72. The van der Waals surface area contributed by atoms with Gasteiger partial charge in [-0.1, -0.05) is 25.4 Å². The Morgan fingerprint density at radius 2 is 1.61 bits per heavy atom. The number of nitrogens with zero attached hydrogens (tertiary/aromatic N) is 1. The summed E-state index contributed by atoms with van der Waals surface area (Å²) in [4.78, 5) is 24.0. The summed E-state index contributed by atoms with van der Waals surface area (Å²) in [7, 11) is -3.58. The summed E-state index contributed by atoms with van der Waals surface area (Å²) in [5.74, 6) is -0.489. The van der Waals surface area contributed by atoms with Crippen molar-refractivity contribution in [3.63, 3.8) is 0 Å². The van der Waals surface area contributed by atoms with Crippen LogP contribution in [0.1, 0.15) is 24.2 Å². The summed E-state index contributed by atoms with van der Waals surface area (Å²) in [5.41, 5.74) is 0.302. The molecule has 0 bridgehead atoms. The van der Waals surface area contributed by atoms with Gasteiger partial charge in [0.15, 0.2) is 6.61 Å². The van der Waals surface area contributed by atoms with Gasteiger partial charge >= 0.3 is 5.97 Å². The van der Waals surface area contributed by atoms with Crippen LogP contribution in [0.2, 0.25) is 5.02 Å². The van der Waals surface area contributed by atoms with Crippen LogP contribution < -0.4 is 10.1 Å². The average Bonchev–Trinajstić information content (AvgIpc) is 2.77. The second-order valence-corrected chi connectivity index (χ2v) is 8.71. The van der Waals surface area contributed by atoms with E-state index >= 15 is 0 Å². The van der Waals surface area contributed by atoms with Crippen molar-refractivity contribution in [3.8, 4) is 5.75 Å². The molecule has 0 spiro atoms. The molecule has 8 nitrogen and oxygen atoms in total. The highest BCUT2D eigenvalue weighted by molar-refractivity contribution is 7.89. The third-order valence-electron chi connectivity index (χ3n) is 4.28. The normalized spacial score (nSPS) is 11.2. The number of nitrogens with one attached hydrogen (secondary N) is 1. The highest BCUT2D eigenvalue weighted by Gasteiger charge is 2.21. The SMILES string of the molecule is CCN(CC)S(=O)(=O)c1ccc(C(=O)NCCOC(=O)COc2ccc(Cl)cc2)cc1. The van der Waals surface area contributed by atoms with Crippen molar-refractivity contribution in [3.05, 3.63) is 59.1 Å². The number of carbonyl (C=O) groups is 2. The molecule has 1 N–H and O–H groups in total. The first-order valence-electron chi connectivity index (χ1n) is 9.70. The Morgan fingerprint density at radius 3 is 2.19 bits per heavy atom. The first-order valence-corrected chi connectivity index (χ1v) is 11.5. The zero-order chi connectivity index (χ0) is 22.9. The molecule has 0 unspecified atom stereocenters. The van der Waals surface area contributed by atoms with Crippen LogP contribution in [0, 0.1) is 0 Å². The van der Waals surface area contributed by atoms with Crippen molar-refractivity contribution in [2.75, 3.05) is 32.8 Å². The summed E-state index contributed by atoms with van der Waals surface area (Å²) < 4.78 is 36.5. The first kappa shape index (κ1) is 24.6. The Kier molecular flexibility index (Phi) is 9.29. The molecule has 0 aliphatic heterocycles. The molecular weight excluding hydrogens is 444 g/mol. The van der Waals surface area contributed by atoms with Crippen LogP contribution in [0.15, 0.2) is 53.4 Å². The van der Waals surface area contributed by atoms with Crippen LogP contribution >= 0.6 is 11.6 Å². The number of esters is 1. The van der Waals surface area contributed by atoms with E-state index in [0.717, 1.165) is 0 Å². The number of rotatable bonds is 11. The molecule has 2 aromatic rings. The van der Waals surface area contributed by atoms with Crippen LogP contribution in [0.5, 0.6) is 5.75 Å². The molecule has 1 amide bonds. The van der Waals surface area contributed by atoms with Gasteiger partial charge in [-0.25, -0.2) is 13.2 Å². The van der Waals surface area contributed by atoms with E-state index in [1.165, 1.54) is 28.6 Å². The van der Waals surface area contributed by atoms with Crippen LogP contribution in [0.4, 0.5) is 0 Å². The second-order valence-electron chi connectivity index (χ2n) is 6.33. The van der Waals surface area contributed by atoms with Gasteiger partial charge in [-0.15, -0.1) is 0 Å². The van der Waals surface area contributed by atoms with Crippen LogP contribution in [-0.2, 0) is 19.6 Å². The van der Waals surface area contributed by atoms with Crippen LogP contribution in [-0.4, -0.2) is 57.4 Å². The third kappa shape index (κ3) is 7.23. The lowest BCUT2D eigenvalue weighted by Gasteiger charge is -2.18. The van der Waals surface area contributed by atoms with Gasteiger partial charge in [-0.3, -0.25) is 4.79 Å². The molecule has 168 valence electrons. The molecule has 2 rings (SSSR count). The average molecular weight is 469 g/mol. The Hall–Kier alpha value is -2.62. The van der Waals surface area contributed by atoms with E-state index in [4.69, 9.17) is 21.1 Å². The summed E-state index contributed by atoms with van der Waals surface area (Å²) in [6.45, 7) is 4.07. The Labute approximate surface area is 187 Å². The fourth-order valence-electron chi connectivity index (χ4n) is 2.64. The molecule has 0 aliphatic rings. The molecule has 0 saturated heterocycles. The van der Waals surface area contributed by atoms with Gasteiger partial charge in [0, 0.05) is 23.7 Å². The smallest absolute Gasteiger partial charge is 0.344 e. The lowest BCUT2D eigenvalue weighted by molar-refractivity contribution is -0.145. The molecule has 10 heteroatoms. The van der Waals surface area contributed by atoms with Crippen molar-refractivity contribution >= 4 is 33.5 Å². The second kappa shape index (κ2) is 11.7. The molecule has 0 aromatic heterocycles. The van der Waals surface area contributed by atoms with Crippen LogP contribution in [0.25, 0.3) is 0 Å². The van der Waals surface area contributed by atoms with E-state index in [-0.39, 0.29) is 24.7 Å². The van der Waals surface area contributed by atoms with Crippen molar-refractivity contribution in [1.29, 1.82) is 0 Å². The third-order valence-corrected chi connectivity index (χ3v) is 6.60. The topological polar surface area (TPSA) is 102 Å². The molecule has 31 heavy (non-hydrogen) atoms. The van der Waals surface area contributed by atoms with Gasteiger partial charge in [0.25, 0.3) is 5.91 Å². The largest absolute Gasteiger partial charge is 0.482 e. The first-order chi connectivity index (χ1) is 14.8. The zero-order valence-electron chi connectivity index (χ0n) is 17.3. The van der Waals surface area contributed by atoms with Gasteiger partial charge in [-0.2, -0.15) is 4.31 Å². The van der Waals surface area contributed by atoms with Crippen LogP contribution in [0.3, 0.4) is 0 Å². The number of benzene rings is 2. The van der Waals surface area contributed by atoms with Gasteiger partial charge in [0.1, 0.15) is 12.4 Å². The quantitative estimate of drug-likeness (QED) is 0.402. The highest BCUT2D eigenvalue weighted by Crippen LogP contribution is 2.16. The Bertz CT molecular complexity index is 974. The van der Waals surface area contributed by atoms with Gasteiger partial charge in [0.2, 0.25) is 10.0 Å². The number of hydrogen-bond acceptors (Lipinski definition) is 6. The minimum atomic E-state index is -3.58. The van der Waals surface area contributed by atoms with Crippen molar-refractivity contribution in [1.82, 2.24) is 9.62 Å². The molecular formula is C21H25ClN2O6S. The monoisotopic (exact) mass is 468 g/mol. The number of halogens is 1. The lowest BCUT2D eigenvalue weighted by Crippen LogP contribution is -2.31. The van der Waals surface area contributed by atoms with Gasteiger partial charge < -0.3 is 14.8 Å². The molecule has 0 heterocycles. The maximum atomic E-state index is 12.5. The van der Waals surface area contributed by atoms with Crippen molar-refractivity contribution in [2.45, 2.75) is 18.7 Å². The summed E-state index contributed by atoms with van der Waals surface area (Å²) >= 11 is 5.77. The molecule has 2 aromatic carbocycles. The minimum Gasteiger partial charge on any atom is -0.482 e. The van der Waals surface area contributed by atoms with E-state index in [0.29, 0.717) is 29.4 Å². The summed E-state index contributed by atoms with van der Waals surface area (Å²) in [5, 5.41) is 3.17. The molecule has 0 saturated carbocycles. The lowest BCUT2D eigenvalue weighted by atomic mass is 10.2. The number of amides is 1. The molecule has 0 fully saturated rings. The van der Waals surface area contributed by atoms with E-state index in [2.05, 4.69) is 5.32 Å². The maximum Gasteiger partial charge on any atom is 0.344 e. The number of ether oxygens (including phenoxy) is 2. The van der Waals surface area contributed by atoms with Crippen molar-refractivity contribution < 1.29 is 27.5 Å². The molecule has 0 atom stereocenters. The predicted molar refractivity (Wildman–Crippen MR) is 117 cm³/mol. The van der Waals surface area contributed by atoms with E-state index < -0.39 is 21.9 Å². The standard InChI is InChI=1S/C21H25ClN2O6S/c1-3-24(4-2)31(27,28)19-11-5-16(6-12-19)21(26)23-13-14-29-20(25)15-30-18-9-7-17(22)8-10-18/h5-12H,3-4,13-15H2,1-2H3,(H,23,26). The molecule has 0 aliphatic carbocycles. The Balaban J connectivity index is 1.76. The van der Waals surface area contributed by atoms with Gasteiger partial charge in [0.05, 0.1) is 11.4 Å². The van der Waals surface area contributed by atoms with E-state index in [1.807, 2.05) is 0 Å². The maximum absolute atomic E-state index is 12.5. The number of hydrogen-bond donors (Lipinski definition) is 1. The minimum absolute atomic E-state index is 0.0248. The summed E-state index contributed by atoms with van der Waals surface area (Å²) in [6, 6.07) is 12.2. The van der Waals surface area contributed by atoms with E-state index in [9.17, 15) is 18.0 Å². The Morgan fingerprint density at radius 1 is 1.00 bits per heavy atom. The fourth-order valence-corrected chi connectivity index (χ4v) is 4.22. The van der Waals surface area contributed by atoms with Crippen molar-refractivity contribution in [2.24, 2.45) is 0 Å². The number of carbonyl (C=O) groups excluding carboxylic acids is 2. The summed E-state index contributed by atoms with van der Waals surface area (Å²) in [6.07, 6.45) is 0.